The molecule has 0 spiro atoms. The average Bonchev–Trinajstić information content (AvgIpc) is 2.70. The highest BCUT2D eigenvalue weighted by Gasteiger charge is 2.26. The number of aromatic nitrogens is 2. The summed E-state index contributed by atoms with van der Waals surface area (Å²) in [5.41, 5.74) is 1.15. The van der Waals surface area contributed by atoms with Gasteiger partial charge in [-0.1, -0.05) is 11.6 Å². The molecule has 3 aromatic rings. The number of benzene rings is 2. The molecule has 8 heteroatoms. The van der Waals surface area contributed by atoms with E-state index in [9.17, 15) is 13.6 Å². The number of nitrogens with zero attached hydrogens (tertiary/aromatic N) is 3. The maximum atomic E-state index is 13.7. The number of rotatable bonds is 3. The van der Waals surface area contributed by atoms with E-state index in [2.05, 4.69) is 15.3 Å². The van der Waals surface area contributed by atoms with Gasteiger partial charge in [-0.05, 0) is 49.2 Å². The minimum Gasteiger partial charge on any atom is -0.356 e. The van der Waals surface area contributed by atoms with Crippen LogP contribution in [0, 0.1) is 17.6 Å². The van der Waals surface area contributed by atoms with E-state index in [-0.39, 0.29) is 22.7 Å². The first kappa shape index (κ1) is 18.6. The van der Waals surface area contributed by atoms with Gasteiger partial charge in [-0.25, -0.2) is 18.7 Å². The fourth-order valence-electron chi connectivity index (χ4n) is 3.44. The van der Waals surface area contributed by atoms with Gasteiger partial charge in [0.05, 0.1) is 10.5 Å². The summed E-state index contributed by atoms with van der Waals surface area (Å²) in [5, 5.41) is 3.41. The lowest BCUT2D eigenvalue weighted by Gasteiger charge is -2.32. The Morgan fingerprint density at radius 1 is 1.11 bits per heavy atom. The maximum Gasteiger partial charge on any atom is 0.227 e. The Kier molecular flexibility index (Phi) is 5.09. The van der Waals surface area contributed by atoms with Crippen LogP contribution in [-0.2, 0) is 4.79 Å². The van der Waals surface area contributed by atoms with E-state index >= 15 is 0 Å². The van der Waals surface area contributed by atoms with Gasteiger partial charge in [0.1, 0.15) is 23.8 Å². The van der Waals surface area contributed by atoms with Crippen LogP contribution in [-0.4, -0.2) is 29.0 Å². The van der Waals surface area contributed by atoms with Crippen molar-refractivity contribution in [1.29, 1.82) is 0 Å². The topological polar surface area (TPSA) is 58.1 Å². The predicted molar refractivity (Wildman–Crippen MR) is 104 cm³/mol. The summed E-state index contributed by atoms with van der Waals surface area (Å²) in [6.07, 6.45) is 2.72. The molecule has 0 bridgehead atoms. The van der Waals surface area contributed by atoms with E-state index in [1.807, 2.05) is 4.90 Å². The molecule has 2 aromatic carbocycles. The van der Waals surface area contributed by atoms with Crippen molar-refractivity contribution >= 4 is 39.9 Å². The fourth-order valence-corrected chi connectivity index (χ4v) is 3.62. The molecule has 0 unspecified atom stereocenters. The first-order valence-electron chi connectivity index (χ1n) is 8.92. The molecule has 1 fully saturated rings. The molecule has 2 heterocycles. The lowest BCUT2D eigenvalue weighted by Crippen LogP contribution is -2.38. The summed E-state index contributed by atoms with van der Waals surface area (Å²) in [6.45, 7) is 1.23. The number of halogens is 3. The maximum absolute atomic E-state index is 13.7. The average molecular weight is 403 g/mol. The third-order valence-corrected chi connectivity index (χ3v) is 5.22. The highest BCUT2D eigenvalue weighted by molar-refractivity contribution is 6.31. The zero-order valence-electron chi connectivity index (χ0n) is 14.8. The normalized spacial score (nSPS) is 15.0. The van der Waals surface area contributed by atoms with Crippen molar-refractivity contribution < 1.29 is 13.6 Å². The Morgan fingerprint density at radius 3 is 2.64 bits per heavy atom. The first-order chi connectivity index (χ1) is 13.5. The molecule has 0 atom stereocenters. The summed E-state index contributed by atoms with van der Waals surface area (Å²) < 4.78 is 26.9. The Bertz CT molecular complexity index is 1040. The molecule has 1 N–H and O–H groups in total. The van der Waals surface area contributed by atoms with Crippen LogP contribution in [0.1, 0.15) is 12.8 Å². The number of nitrogens with one attached hydrogen (secondary N) is 1. The molecule has 1 amide bonds. The predicted octanol–water partition coefficient (Wildman–Crippen LogP) is 4.42. The second kappa shape index (κ2) is 7.67. The standard InChI is InChI=1S/C20H17ClF2N4O/c21-16-10-14(2-3-17(16)23)26-20(28)12-5-7-27(8-6-12)19-15-9-13(22)1-4-18(15)24-11-25-19/h1-4,9-12H,5-8H2,(H,26,28). The van der Waals surface area contributed by atoms with E-state index < -0.39 is 5.82 Å². The Balaban J connectivity index is 1.44. The molecule has 1 aliphatic heterocycles. The van der Waals surface area contributed by atoms with Crippen molar-refractivity contribution in [2.24, 2.45) is 5.92 Å². The fraction of sp³-hybridized carbons (Fsp3) is 0.250. The molecule has 1 aromatic heterocycles. The van der Waals surface area contributed by atoms with Crippen LogP contribution >= 0.6 is 11.6 Å². The van der Waals surface area contributed by atoms with Gasteiger partial charge in [0.25, 0.3) is 0 Å². The lowest BCUT2D eigenvalue weighted by atomic mass is 9.95. The van der Waals surface area contributed by atoms with Crippen LogP contribution < -0.4 is 10.2 Å². The Morgan fingerprint density at radius 2 is 1.89 bits per heavy atom. The molecule has 5 nitrogen and oxygen atoms in total. The second-order valence-corrected chi connectivity index (χ2v) is 7.15. The van der Waals surface area contributed by atoms with Crippen molar-refractivity contribution in [3.05, 3.63) is 59.4 Å². The molecule has 0 radical (unpaired) electrons. The zero-order chi connectivity index (χ0) is 19.7. The number of hydrogen-bond donors (Lipinski definition) is 1. The molecular weight excluding hydrogens is 386 g/mol. The van der Waals surface area contributed by atoms with Crippen molar-refractivity contribution in [1.82, 2.24) is 9.97 Å². The molecular formula is C20H17ClF2N4O. The highest BCUT2D eigenvalue weighted by Crippen LogP contribution is 2.29. The van der Waals surface area contributed by atoms with E-state index in [4.69, 9.17) is 11.6 Å². The van der Waals surface area contributed by atoms with Crippen molar-refractivity contribution in [2.75, 3.05) is 23.3 Å². The zero-order valence-corrected chi connectivity index (χ0v) is 15.6. The van der Waals surface area contributed by atoms with Crippen LogP contribution in [0.3, 0.4) is 0 Å². The monoisotopic (exact) mass is 402 g/mol. The Labute approximate surface area is 165 Å². The molecule has 0 aliphatic carbocycles. The molecule has 4 rings (SSSR count). The number of anilines is 2. The number of fused-ring (bicyclic) bond motifs is 1. The van der Waals surface area contributed by atoms with Gasteiger partial charge < -0.3 is 10.2 Å². The van der Waals surface area contributed by atoms with E-state index in [0.29, 0.717) is 48.3 Å². The van der Waals surface area contributed by atoms with Crippen molar-refractivity contribution in [2.45, 2.75) is 12.8 Å². The molecule has 28 heavy (non-hydrogen) atoms. The first-order valence-corrected chi connectivity index (χ1v) is 9.30. The van der Waals surface area contributed by atoms with Gasteiger partial charge in [0, 0.05) is 30.1 Å². The molecule has 0 saturated carbocycles. The van der Waals surface area contributed by atoms with Crippen LogP contribution in [0.15, 0.2) is 42.7 Å². The van der Waals surface area contributed by atoms with Gasteiger partial charge in [-0.3, -0.25) is 4.79 Å². The number of carbonyl (C=O) groups is 1. The Hall–Kier alpha value is -2.80. The molecule has 1 saturated heterocycles. The third kappa shape index (κ3) is 3.75. The number of hydrogen-bond acceptors (Lipinski definition) is 4. The minimum atomic E-state index is -0.526. The number of amides is 1. The van der Waals surface area contributed by atoms with Gasteiger partial charge in [0.2, 0.25) is 5.91 Å². The van der Waals surface area contributed by atoms with Crippen LogP contribution in [0.4, 0.5) is 20.3 Å². The van der Waals surface area contributed by atoms with E-state index in [1.54, 1.807) is 6.07 Å². The van der Waals surface area contributed by atoms with Crippen LogP contribution in [0.25, 0.3) is 10.9 Å². The summed E-state index contributed by atoms with van der Waals surface area (Å²) in [5.74, 6) is -0.489. The minimum absolute atomic E-state index is 0.0320. The van der Waals surface area contributed by atoms with E-state index in [1.165, 1.54) is 36.7 Å². The van der Waals surface area contributed by atoms with Crippen molar-refractivity contribution in [3.63, 3.8) is 0 Å². The van der Waals surface area contributed by atoms with Gasteiger partial charge in [-0.2, -0.15) is 0 Å². The summed E-state index contributed by atoms with van der Waals surface area (Å²) >= 11 is 5.76. The van der Waals surface area contributed by atoms with Crippen LogP contribution in [0.2, 0.25) is 5.02 Å². The summed E-state index contributed by atoms with van der Waals surface area (Å²) in [6, 6.07) is 8.53. The van der Waals surface area contributed by atoms with Gasteiger partial charge in [0.15, 0.2) is 0 Å². The largest absolute Gasteiger partial charge is 0.356 e. The van der Waals surface area contributed by atoms with Crippen LogP contribution in [0.5, 0.6) is 0 Å². The highest BCUT2D eigenvalue weighted by atomic mass is 35.5. The SMILES string of the molecule is O=C(Nc1ccc(F)c(Cl)c1)C1CCN(c2ncnc3ccc(F)cc23)CC1. The number of carbonyl (C=O) groups excluding carboxylic acids is 1. The smallest absolute Gasteiger partial charge is 0.227 e. The second-order valence-electron chi connectivity index (χ2n) is 6.74. The quantitative estimate of drug-likeness (QED) is 0.704. The third-order valence-electron chi connectivity index (χ3n) is 4.93. The summed E-state index contributed by atoms with van der Waals surface area (Å²) in [4.78, 5) is 23.1. The van der Waals surface area contributed by atoms with Gasteiger partial charge >= 0.3 is 0 Å². The number of piperidine rings is 1. The molecule has 144 valence electrons. The molecule has 1 aliphatic rings. The lowest BCUT2D eigenvalue weighted by molar-refractivity contribution is -0.120. The summed E-state index contributed by atoms with van der Waals surface area (Å²) in [7, 11) is 0. The van der Waals surface area contributed by atoms with Crippen molar-refractivity contribution in [3.8, 4) is 0 Å². The van der Waals surface area contributed by atoms with E-state index in [0.717, 1.165) is 0 Å². The van der Waals surface area contributed by atoms with Gasteiger partial charge in [-0.15, -0.1) is 0 Å².